The van der Waals surface area contributed by atoms with E-state index in [0.717, 1.165) is 32.1 Å². The molecule has 194 valence electrons. The third kappa shape index (κ3) is 13.1. The molecule has 2 rings (SSSR count). The molecule has 0 bridgehead atoms. The largest absolute Gasteiger partial charge is 0.466 e. The molecule has 0 radical (unpaired) electrons. The van der Waals surface area contributed by atoms with Crippen LogP contribution in [0.15, 0.2) is 11.6 Å². The molecule has 2 aliphatic carbocycles. The van der Waals surface area contributed by atoms with E-state index in [2.05, 4.69) is 19.9 Å². The summed E-state index contributed by atoms with van der Waals surface area (Å²) in [6.07, 6.45) is 13.9. The van der Waals surface area contributed by atoms with E-state index < -0.39 is 5.67 Å². The molecule has 0 N–H and O–H groups in total. The van der Waals surface area contributed by atoms with E-state index in [-0.39, 0.29) is 23.8 Å². The lowest BCUT2D eigenvalue weighted by Crippen LogP contribution is -2.33. The van der Waals surface area contributed by atoms with Crippen LogP contribution in [-0.4, -0.2) is 38.0 Å². The summed E-state index contributed by atoms with van der Waals surface area (Å²) in [4.78, 5) is 22.9. The summed E-state index contributed by atoms with van der Waals surface area (Å²) in [7, 11) is 0.500. The van der Waals surface area contributed by atoms with Crippen molar-refractivity contribution in [3.63, 3.8) is 0 Å². The molecule has 0 aliphatic heterocycles. The summed E-state index contributed by atoms with van der Waals surface area (Å²) >= 11 is 0. The van der Waals surface area contributed by atoms with Gasteiger partial charge in [-0.1, -0.05) is 44.8 Å². The first-order valence-electron chi connectivity index (χ1n) is 13.0. The van der Waals surface area contributed by atoms with E-state index >= 15 is 0 Å². The fraction of sp³-hybridized carbons (Fsp3) is 0.852. The summed E-state index contributed by atoms with van der Waals surface area (Å²) in [5, 5.41) is 0. The molecule has 0 saturated heterocycles. The molecule has 1 fully saturated rings. The number of alkyl halides is 2. The molecule has 33 heavy (non-hydrogen) atoms. The van der Waals surface area contributed by atoms with Crippen LogP contribution >= 0.6 is 0 Å². The number of ether oxygens (including phenoxy) is 2. The Hall–Kier alpha value is -1.46. The topological polar surface area (TPSA) is 52.6 Å². The van der Waals surface area contributed by atoms with Crippen molar-refractivity contribution >= 4 is 11.9 Å². The van der Waals surface area contributed by atoms with Crippen LogP contribution in [0.1, 0.15) is 111 Å². The Morgan fingerprint density at radius 1 is 0.909 bits per heavy atom. The Morgan fingerprint density at radius 3 is 1.91 bits per heavy atom. The zero-order chi connectivity index (χ0) is 25.1. The Kier molecular flexibility index (Phi) is 18.1. The van der Waals surface area contributed by atoms with Gasteiger partial charge in [0, 0.05) is 0 Å². The summed E-state index contributed by atoms with van der Waals surface area (Å²) in [5.41, 5.74) is 0.524. The van der Waals surface area contributed by atoms with Gasteiger partial charge in [-0.25, -0.2) is 4.39 Å². The van der Waals surface area contributed by atoms with E-state index in [4.69, 9.17) is 9.47 Å². The predicted molar refractivity (Wildman–Crippen MR) is 131 cm³/mol. The monoisotopic (exact) mass is 474 g/mol. The van der Waals surface area contributed by atoms with Crippen LogP contribution in [0.2, 0.25) is 0 Å². The minimum absolute atomic E-state index is 0.0108. The van der Waals surface area contributed by atoms with Crippen LogP contribution in [0, 0.1) is 11.8 Å². The number of unbranched alkanes of at least 4 members (excludes halogenated alkanes) is 2. The standard InChI is InChI=1S/C13H23FO2.C13H22O2.CH3F/c1-3-5-8-13(14)9-6-11(7-10-13)12(15)16-4-2;1-3-5-6-11-7-9-12(10-8-11)13(14)15-4-2;1-2/h11H,3-10H2,1-2H3;7,12H,3-6,8-10H2,1-2H3;1H3. The van der Waals surface area contributed by atoms with Gasteiger partial charge in [-0.3, -0.25) is 14.0 Å². The fourth-order valence-corrected chi connectivity index (χ4v) is 4.37. The van der Waals surface area contributed by atoms with Crippen molar-refractivity contribution in [2.45, 2.75) is 117 Å². The van der Waals surface area contributed by atoms with Gasteiger partial charge in [0.1, 0.15) is 5.67 Å². The molecule has 1 unspecified atom stereocenters. The maximum absolute atomic E-state index is 14.2. The van der Waals surface area contributed by atoms with Crippen molar-refractivity contribution in [1.82, 2.24) is 0 Å². The summed E-state index contributed by atoms with van der Waals surface area (Å²) in [6, 6.07) is 0. The number of esters is 2. The van der Waals surface area contributed by atoms with Crippen molar-refractivity contribution in [3.05, 3.63) is 11.6 Å². The summed E-state index contributed by atoms with van der Waals surface area (Å²) < 4.78 is 33.7. The normalized spacial score (nSPS) is 24.3. The molecule has 6 heteroatoms. The molecule has 0 heterocycles. The Bertz CT molecular complexity index is 554. The van der Waals surface area contributed by atoms with Crippen LogP contribution < -0.4 is 0 Å². The highest BCUT2D eigenvalue weighted by atomic mass is 19.1. The quantitative estimate of drug-likeness (QED) is 0.240. The number of carbonyl (C=O) groups is 2. The average molecular weight is 475 g/mol. The molecule has 4 nitrogen and oxygen atoms in total. The number of carbonyl (C=O) groups excluding carboxylic acids is 2. The van der Waals surface area contributed by atoms with Gasteiger partial charge in [-0.2, -0.15) is 0 Å². The predicted octanol–water partition coefficient (Wildman–Crippen LogP) is 7.69. The third-order valence-corrected chi connectivity index (χ3v) is 6.46. The highest BCUT2D eigenvalue weighted by Gasteiger charge is 2.37. The van der Waals surface area contributed by atoms with Crippen LogP contribution in [0.25, 0.3) is 0 Å². The van der Waals surface area contributed by atoms with Crippen molar-refractivity contribution in [3.8, 4) is 0 Å². The second-order valence-corrected chi connectivity index (χ2v) is 8.97. The van der Waals surface area contributed by atoms with E-state index in [1.54, 1.807) is 6.92 Å². The van der Waals surface area contributed by atoms with Crippen LogP contribution in [0.3, 0.4) is 0 Å². The van der Waals surface area contributed by atoms with E-state index in [9.17, 15) is 18.4 Å². The van der Waals surface area contributed by atoms with Gasteiger partial charge in [0.05, 0.1) is 32.2 Å². The Morgan fingerprint density at radius 2 is 1.45 bits per heavy atom. The van der Waals surface area contributed by atoms with Crippen molar-refractivity contribution < 1.29 is 27.8 Å². The second-order valence-electron chi connectivity index (χ2n) is 8.97. The molecule has 1 atom stereocenters. The molecule has 0 aromatic rings. The SMILES string of the molecule is CCCCC1(F)CCC(C(=O)OCC)CC1.CCCCC1=CCC(C(=O)OCC)CC1.CF. The lowest BCUT2D eigenvalue weighted by molar-refractivity contribution is -0.150. The highest BCUT2D eigenvalue weighted by Crippen LogP contribution is 2.39. The average Bonchev–Trinajstić information content (AvgIpc) is 2.84. The highest BCUT2D eigenvalue weighted by molar-refractivity contribution is 5.73. The van der Waals surface area contributed by atoms with E-state index in [1.165, 1.54) is 24.8 Å². The fourth-order valence-electron chi connectivity index (χ4n) is 4.37. The summed E-state index contributed by atoms with van der Waals surface area (Å²) in [6.45, 7) is 8.89. The Balaban J connectivity index is 0.000000578. The van der Waals surface area contributed by atoms with Gasteiger partial charge in [0.2, 0.25) is 0 Å². The van der Waals surface area contributed by atoms with Crippen LogP contribution in [0.5, 0.6) is 0 Å². The Labute approximate surface area is 200 Å². The number of rotatable bonds is 10. The minimum atomic E-state index is -1.01. The first-order chi connectivity index (χ1) is 15.9. The van der Waals surface area contributed by atoms with E-state index in [0.29, 0.717) is 52.5 Å². The van der Waals surface area contributed by atoms with Crippen molar-refractivity contribution in [2.24, 2.45) is 11.8 Å². The third-order valence-electron chi connectivity index (χ3n) is 6.46. The number of allylic oxidation sites excluding steroid dienone is 2. The molecule has 0 spiro atoms. The first-order valence-corrected chi connectivity index (χ1v) is 13.0. The number of halogens is 2. The second kappa shape index (κ2) is 18.9. The lowest BCUT2D eigenvalue weighted by atomic mass is 9.77. The molecular formula is C27H48F2O4. The first kappa shape index (κ1) is 31.5. The van der Waals surface area contributed by atoms with Crippen LogP contribution in [0.4, 0.5) is 8.78 Å². The van der Waals surface area contributed by atoms with Crippen molar-refractivity contribution in [2.75, 3.05) is 20.4 Å². The van der Waals surface area contributed by atoms with E-state index in [1.807, 2.05) is 6.92 Å². The van der Waals surface area contributed by atoms with Crippen LogP contribution in [-0.2, 0) is 19.1 Å². The molecule has 0 amide bonds. The molecule has 2 aliphatic rings. The van der Waals surface area contributed by atoms with Gasteiger partial charge in [0.25, 0.3) is 0 Å². The summed E-state index contributed by atoms with van der Waals surface area (Å²) in [5.74, 6) is -0.0934. The maximum atomic E-state index is 14.2. The number of hydrogen-bond donors (Lipinski definition) is 0. The zero-order valence-electron chi connectivity index (χ0n) is 21.7. The minimum Gasteiger partial charge on any atom is -0.466 e. The van der Waals surface area contributed by atoms with Gasteiger partial charge in [0.15, 0.2) is 0 Å². The molecule has 0 aromatic heterocycles. The maximum Gasteiger partial charge on any atom is 0.309 e. The molecule has 1 saturated carbocycles. The van der Waals surface area contributed by atoms with Gasteiger partial charge in [-0.05, 0) is 78.1 Å². The number of hydrogen-bond acceptors (Lipinski definition) is 4. The zero-order valence-corrected chi connectivity index (χ0v) is 21.7. The lowest BCUT2D eigenvalue weighted by Gasteiger charge is -2.33. The van der Waals surface area contributed by atoms with Crippen molar-refractivity contribution in [1.29, 1.82) is 0 Å². The van der Waals surface area contributed by atoms with Gasteiger partial charge in [-0.15, -0.1) is 0 Å². The van der Waals surface area contributed by atoms with Gasteiger partial charge >= 0.3 is 11.9 Å². The van der Waals surface area contributed by atoms with Gasteiger partial charge < -0.3 is 9.47 Å². The molecular weight excluding hydrogens is 426 g/mol. The molecule has 0 aromatic carbocycles. The smallest absolute Gasteiger partial charge is 0.309 e.